The van der Waals surface area contributed by atoms with Crippen molar-refractivity contribution in [3.05, 3.63) is 46.2 Å². The zero-order valence-electron chi connectivity index (χ0n) is 10.7. The minimum atomic E-state index is -3.71. The van der Waals surface area contributed by atoms with E-state index in [2.05, 4.69) is 9.82 Å². The monoisotopic (exact) mass is 333 g/mol. The molecule has 1 aromatic carbocycles. The molecule has 20 heavy (non-hydrogen) atoms. The highest BCUT2D eigenvalue weighted by Gasteiger charge is 2.18. The molecule has 0 fully saturated rings. The molecule has 2 aromatic rings. The average molecular weight is 334 g/mol. The van der Waals surface area contributed by atoms with Crippen LogP contribution >= 0.6 is 23.2 Å². The van der Waals surface area contributed by atoms with Gasteiger partial charge in [-0.3, -0.25) is 4.68 Å². The Kier molecular flexibility index (Phi) is 4.70. The van der Waals surface area contributed by atoms with Gasteiger partial charge in [-0.2, -0.15) is 5.10 Å². The van der Waals surface area contributed by atoms with E-state index in [4.69, 9.17) is 23.2 Å². The van der Waals surface area contributed by atoms with E-state index in [1.54, 1.807) is 17.1 Å². The molecule has 108 valence electrons. The molecular formula is C12H13Cl2N3O2S. The smallest absolute Gasteiger partial charge is 0.242 e. The summed E-state index contributed by atoms with van der Waals surface area (Å²) in [6, 6.07) is 4.31. The molecule has 0 aliphatic rings. The van der Waals surface area contributed by atoms with Crippen LogP contribution in [0.4, 0.5) is 0 Å². The Bertz CT molecular complexity index is 713. The fraction of sp³-hybridized carbons (Fsp3) is 0.250. The van der Waals surface area contributed by atoms with E-state index in [9.17, 15) is 8.42 Å². The lowest BCUT2D eigenvalue weighted by Crippen LogP contribution is -2.23. The van der Waals surface area contributed by atoms with Crippen LogP contribution in [0.1, 0.15) is 12.5 Å². The second kappa shape index (κ2) is 6.13. The Labute approximate surface area is 127 Å². The van der Waals surface area contributed by atoms with Crippen molar-refractivity contribution in [1.82, 2.24) is 14.5 Å². The van der Waals surface area contributed by atoms with E-state index in [-0.39, 0.29) is 16.5 Å². The lowest BCUT2D eigenvalue weighted by molar-refractivity contribution is 0.581. The van der Waals surface area contributed by atoms with Crippen LogP contribution in [-0.4, -0.2) is 18.2 Å². The van der Waals surface area contributed by atoms with E-state index in [1.807, 2.05) is 6.92 Å². The highest BCUT2D eigenvalue weighted by Crippen LogP contribution is 2.24. The SMILES string of the molecule is CCn1cc(CNS(=O)(=O)c2cc(Cl)ccc2Cl)cn1. The molecule has 0 bridgehead atoms. The zero-order valence-corrected chi connectivity index (χ0v) is 13.0. The van der Waals surface area contributed by atoms with Gasteiger partial charge in [0.15, 0.2) is 0 Å². The Hall–Kier alpha value is -1.08. The fourth-order valence-electron chi connectivity index (χ4n) is 1.61. The van der Waals surface area contributed by atoms with E-state index >= 15 is 0 Å². The van der Waals surface area contributed by atoms with Gasteiger partial charge in [0.2, 0.25) is 10.0 Å². The normalized spacial score (nSPS) is 11.8. The minimum Gasteiger partial charge on any atom is -0.273 e. The Morgan fingerprint density at radius 3 is 2.75 bits per heavy atom. The van der Waals surface area contributed by atoms with Gasteiger partial charge >= 0.3 is 0 Å². The van der Waals surface area contributed by atoms with Crippen LogP contribution < -0.4 is 4.72 Å². The number of nitrogens with one attached hydrogen (secondary N) is 1. The van der Waals surface area contributed by atoms with E-state index in [1.165, 1.54) is 18.2 Å². The molecule has 0 unspecified atom stereocenters. The molecule has 0 saturated heterocycles. The summed E-state index contributed by atoms with van der Waals surface area (Å²) < 4.78 is 28.5. The molecule has 0 saturated carbocycles. The molecule has 1 aromatic heterocycles. The van der Waals surface area contributed by atoms with Crippen molar-refractivity contribution in [3.8, 4) is 0 Å². The van der Waals surface area contributed by atoms with Crippen LogP contribution in [0.2, 0.25) is 10.0 Å². The second-order valence-corrected chi connectivity index (χ2v) is 6.68. The van der Waals surface area contributed by atoms with E-state index in [0.717, 1.165) is 12.1 Å². The summed E-state index contributed by atoms with van der Waals surface area (Å²) in [7, 11) is -3.71. The van der Waals surface area contributed by atoms with Gasteiger partial charge in [0.25, 0.3) is 0 Å². The van der Waals surface area contributed by atoms with Crippen LogP contribution in [0, 0.1) is 0 Å². The first-order valence-corrected chi connectivity index (χ1v) is 8.12. The summed E-state index contributed by atoms with van der Waals surface area (Å²) in [6.45, 7) is 2.82. The van der Waals surface area contributed by atoms with Gasteiger partial charge in [-0.15, -0.1) is 0 Å². The Morgan fingerprint density at radius 2 is 2.10 bits per heavy atom. The zero-order chi connectivity index (χ0) is 14.8. The average Bonchev–Trinajstić information content (AvgIpc) is 2.87. The first kappa shape index (κ1) is 15.3. The molecule has 0 radical (unpaired) electrons. The number of nitrogens with zero attached hydrogens (tertiary/aromatic N) is 2. The largest absolute Gasteiger partial charge is 0.273 e. The van der Waals surface area contributed by atoms with Crippen LogP contribution in [-0.2, 0) is 23.1 Å². The van der Waals surface area contributed by atoms with Crippen LogP contribution in [0.15, 0.2) is 35.5 Å². The van der Waals surface area contributed by atoms with Crippen molar-refractivity contribution in [2.75, 3.05) is 0 Å². The summed E-state index contributed by atoms with van der Waals surface area (Å²) >= 11 is 11.7. The molecule has 5 nitrogen and oxygen atoms in total. The second-order valence-electron chi connectivity index (χ2n) is 4.10. The maximum absolute atomic E-state index is 12.2. The number of hydrogen-bond acceptors (Lipinski definition) is 3. The van der Waals surface area contributed by atoms with Crippen molar-refractivity contribution in [2.24, 2.45) is 0 Å². The molecular weight excluding hydrogens is 321 g/mol. The molecule has 0 atom stereocenters. The summed E-state index contributed by atoms with van der Waals surface area (Å²) in [5.41, 5.74) is 0.772. The van der Waals surface area contributed by atoms with E-state index < -0.39 is 10.0 Å². The number of benzene rings is 1. The molecule has 1 N–H and O–H groups in total. The number of aromatic nitrogens is 2. The van der Waals surface area contributed by atoms with Crippen LogP contribution in [0.5, 0.6) is 0 Å². The molecule has 8 heteroatoms. The van der Waals surface area contributed by atoms with Gasteiger partial charge in [-0.25, -0.2) is 13.1 Å². The number of halogens is 2. The maximum Gasteiger partial charge on any atom is 0.242 e. The topological polar surface area (TPSA) is 64.0 Å². The van der Waals surface area contributed by atoms with Gasteiger partial charge in [0.1, 0.15) is 4.90 Å². The predicted octanol–water partition coefficient (Wildman–Crippen LogP) is 2.69. The molecule has 0 spiro atoms. The van der Waals surface area contributed by atoms with Crippen LogP contribution in [0.25, 0.3) is 0 Å². The van der Waals surface area contributed by atoms with Crippen molar-refractivity contribution in [3.63, 3.8) is 0 Å². The van der Waals surface area contributed by atoms with Gasteiger partial charge in [0.05, 0.1) is 11.2 Å². The van der Waals surface area contributed by atoms with Gasteiger partial charge in [0, 0.05) is 29.9 Å². The third kappa shape index (κ3) is 3.52. The van der Waals surface area contributed by atoms with Crippen molar-refractivity contribution in [1.29, 1.82) is 0 Å². The summed E-state index contributed by atoms with van der Waals surface area (Å²) in [4.78, 5) is -0.0328. The van der Waals surface area contributed by atoms with Crippen molar-refractivity contribution in [2.45, 2.75) is 24.9 Å². The first-order valence-electron chi connectivity index (χ1n) is 5.88. The predicted molar refractivity (Wildman–Crippen MR) is 78.4 cm³/mol. The number of aryl methyl sites for hydroxylation is 1. The molecule has 2 rings (SSSR count). The lowest BCUT2D eigenvalue weighted by atomic mass is 10.4. The quantitative estimate of drug-likeness (QED) is 0.914. The van der Waals surface area contributed by atoms with Gasteiger partial charge in [-0.1, -0.05) is 23.2 Å². The number of rotatable bonds is 5. The van der Waals surface area contributed by atoms with Crippen molar-refractivity contribution < 1.29 is 8.42 Å². The third-order valence-electron chi connectivity index (χ3n) is 2.66. The highest BCUT2D eigenvalue weighted by atomic mass is 35.5. The van der Waals surface area contributed by atoms with Gasteiger partial charge in [-0.05, 0) is 25.1 Å². The molecule has 0 aliphatic heterocycles. The molecule has 0 aliphatic carbocycles. The lowest BCUT2D eigenvalue weighted by Gasteiger charge is -2.07. The molecule has 0 amide bonds. The van der Waals surface area contributed by atoms with Crippen molar-refractivity contribution >= 4 is 33.2 Å². The minimum absolute atomic E-state index is 0.0328. The highest BCUT2D eigenvalue weighted by molar-refractivity contribution is 7.89. The summed E-state index contributed by atoms with van der Waals surface area (Å²) in [6.07, 6.45) is 3.40. The first-order chi connectivity index (χ1) is 9.42. The third-order valence-corrected chi connectivity index (χ3v) is 4.78. The van der Waals surface area contributed by atoms with Crippen LogP contribution in [0.3, 0.4) is 0 Å². The molecule has 1 heterocycles. The Balaban J connectivity index is 2.17. The maximum atomic E-state index is 12.2. The fourth-order valence-corrected chi connectivity index (χ4v) is 3.39. The standard InChI is InChI=1S/C12H13Cl2N3O2S/c1-2-17-8-9(6-15-17)7-16-20(18,19)12-5-10(13)3-4-11(12)14/h3-6,8,16H,2,7H2,1H3. The summed E-state index contributed by atoms with van der Waals surface area (Å²) in [5.74, 6) is 0. The summed E-state index contributed by atoms with van der Waals surface area (Å²) in [5, 5.41) is 4.52. The van der Waals surface area contributed by atoms with E-state index in [0.29, 0.717) is 5.02 Å². The Morgan fingerprint density at radius 1 is 1.35 bits per heavy atom. The number of hydrogen-bond donors (Lipinski definition) is 1. The van der Waals surface area contributed by atoms with Gasteiger partial charge < -0.3 is 0 Å². The number of sulfonamides is 1.